The van der Waals surface area contributed by atoms with E-state index in [0.717, 1.165) is 12.3 Å². The molecule has 0 amide bonds. The maximum atomic E-state index is 10.7. The van der Waals surface area contributed by atoms with Crippen LogP contribution in [0, 0.1) is 5.41 Å². The van der Waals surface area contributed by atoms with Gasteiger partial charge in [-0.25, -0.2) is 0 Å². The van der Waals surface area contributed by atoms with E-state index in [0.29, 0.717) is 0 Å². The number of hydrogen-bond acceptors (Lipinski definition) is 1. The number of aliphatic hydroxyl groups is 1. The molecule has 3 heteroatoms. The Morgan fingerprint density at radius 2 is 0.750 bits per heavy atom. The summed E-state index contributed by atoms with van der Waals surface area (Å²) in [5.41, 5.74) is -0.186. The van der Waals surface area contributed by atoms with Crippen LogP contribution in [-0.4, -0.2) is 24.0 Å². The molecule has 0 bridgehead atoms. The normalized spacial score (nSPS) is 11.8. The third kappa shape index (κ3) is 5.73. The molecule has 0 saturated heterocycles. The molecule has 4 aromatic rings. The summed E-state index contributed by atoms with van der Waals surface area (Å²) in [7, 11) is -1.13. The summed E-state index contributed by atoms with van der Waals surface area (Å²) in [5.74, 6) is 0. The summed E-state index contributed by atoms with van der Waals surface area (Å²) >= 11 is 0. The van der Waals surface area contributed by atoms with Gasteiger partial charge >= 0.3 is 0 Å². The SMILES string of the molecule is CC(CO)(CP(c1ccccc1)c1ccccc1)CP(c1ccccc1)c1ccccc1. The Kier molecular flexibility index (Phi) is 7.88. The first kappa shape index (κ1) is 22.9. The van der Waals surface area contributed by atoms with Crippen molar-refractivity contribution >= 4 is 37.1 Å². The topological polar surface area (TPSA) is 20.2 Å². The molecule has 4 aromatic carbocycles. The van der Waals surface area contributed by atoms with E-state index in [2.05, 4.69) is 128 Å². The molecule has 0 radical (unpaired) electrons. The minimum Gasteiger partial charge on any atom is -0.396 e. The molecule has 1 N–H and O–H groups in total. The first-order valence-electron chi connectivity index (χ1n) is 11.0. The lowest BCUT2D eigenvalue weighted by Crippen LogP contribution is -2.35. The highest BCUT2D eigenvalue weighted by atomic mass is 31.1. The molecule has 0 aromatic heterocycles. The van der Waals surface area contributed by atoms with Gasteiger partial charge < -0.3 is 5.11 Å². The molecule has 162 valence electrons. The zero-order valence-electron chi connectivity index (χ0n) is 18.5. The molecule has 0 unspecified atom stereocenters. The molecular weight excluding hydrogens is 426 g/mol. The van der Waals surface area contributed by atoms with Gasteiger partial charge in [0.15, 0.2) is 0 Å². The summed E-state index contributed by atoms with van der Waals surface area (Å²) in [4.78, 5) is 0. The largest absolute Gasteiger partial charge is 0.396 e. The van der Waals surface area contributed by atoms with E-state index in [9.17, 15) is 5.11 Å². The molecular formula is C29H30OP2. The number of hydrogen-bond donors (Lipinski definition) is 1. The predicted molar refractivity (Wildman–Crippen MR) is 143 cm³/mol. The van der Waals surface area contributed by atoms with Crippen LogP contribution in [0.5, 0.6) is 0 Å². The van der Waals surface area contributed by atoms with Crippen molar-refractivity contribution in [3.8, 4) is 0 Å². The van der Waals surface area contributed by atoms with Gasteiger partial charge in [-0.2, -0.15) is 0 Å². The first-order valence-corrected chi connectivity index (χ1v) is 14.1. The molecule has 0 aliphatic rings. The highest BCUT2D eigenvalue weighted by Crippen LogP contribution is 2.47. The second-order valence-corrected chi connectivity index (χ2v) is 12.9. The van der Waals surface area contributed by atoms with E-state index in [-0.39, 0.29) is 12.0 Å². The van der Waals surface area contributed by atoms with Crippen LogP contribution in [0.2, 0.25) is 0 Å². The Labute approximate surface area is 194 Å². The zero-order valence-corrected chi connectivity index (χ0v) is 20.3. The van der Waals surface area contributed by atoms with Gasteiger partial charge in [-0.1, -0.05) is 128 Å². The summed E-state index contributed by atoms with van der Waals surface area (Å²) in [6, 6.07) is 43.3. The summed E-state index contributed by atoms with van der Waals surface area (Å²) < 4.78 is 0. The Morgan fingerprint density at radius 1 is 0.500 bits per heavy atom. The predicted octanol–water partition coefficient (Wildman–Crippen LogP) is 5.25. The van der Waals surface area contributed by atoms with Gasteiger partial charge in [0.25, 0.3) is 0 Å². The third-order valence-corrected chi connectivity index (χ3v) is 11.6. The lowest BCUT2D eigenvalue weighted by atomic mass is 9.98. The van der Waals surface area contributed by atoms with Gasteiger partial charge in [0.1, 0.15) is 0 Å². The van der Waals surface area contributed by atoms with Crippen molar-refractivity contribution in [2.45, 2.75) is 6.92 Å². The summed E-state index contributed by atoms with van der Waals surface area (Å²) in [6.45, 7) is 2.46. The van der Waals surface area contributed by atoms with Crippen molar-refractivity contribution in [3.63, 3.8) is 0 Å². The Bertz CT molecular complexity index is 905. The highest BCUT2D eigenvalue weighted by molar-refractivity contribution is 7.74. The smallest absolute Gasteiger partial charge is 0.0491 e. The summed E-state index contributed by atoms with van der Waals surface area (Å²) in [5, 5.41) is 16.2. The maximum absolute atomic E-state index is 10.7. The lowest BCUT2D eigenvalue weighted by molar-refractivity contribution is 0.183. The van der Waals surface area contributed by atoms with Gasteiger partial charge in [-0.05, 0) is 54.8 Å². The molecule has 0 heterocycles. The van der Waals surface area contributed by atoms with E-state index in [1.807, 2.05) is 0 Å². The van der Waals surface area contributed by atoms with Crippen LogP contribution in [0.4, 0.5) is 0 Å². The Morgan fingerprint density at radius 3 is 0.969 bits per heavy atom. The average molecular weight is 457 g/mol. The van der Waals surface area contributed by atoms with E-state index in [1.165, 1.54) is 21.2 Å². The molecule has 0 aliphatic heterocycles. The third-order valence-electron chi connectivity index (χ3n) is 5.73. The molecule has 0 saturated carbocycles. The molecule has 0 spiro atoms. The average Bonchev–Trinajstić information content (AvgIpc) is 2.88. The summed E-state index contributed by atoms with van der Waals surface area (Å²) in [6.07, 6.45) is 1.93. The second kappa shape index (κ2) is 11.0. The first-order chi connectivity index (χ1) is 15.7. The van der Waals surface area contributed by atoms with Gasteiger partial charge in [-0.15, -0.1) is 0 Å². The fourth-order valence-corrected chi connectivity index (χ4v) is 9.59. The van der Waals surface area contributed by atoms with Crippen molar-refractivity contribution in [2.24, 2.45) is 5.41 Å². The molecule has 4 rings (SSSR count). The number of aliphatic hydroxyl groups excluding tert-OH is 1. The van der Waals surface area contributed by atoms with Gasteiger partial charge in [-0.3, -0.25) is 0 Å². The number of benzene rings is 4. The van der Waals surface area contributed by atoms with Crippen LogP contribution in [0.15, 0.2) is 121 Å². The van der Waals surface area contributed by atoms with Gasteiger partial charge in [0.05, 0.1) is 0 Å². The highest BCUT2D eigenvalue weighted by Gasteiger charge is 2.33. The standard InChI is InChI=1S/C29H30OP2/c1-29(22-30,23-31(25-14-6-2-7-15-25)26-16-8-3-9-17-26)24-32(27-18-10-4-11-19-27)28-20-12-5-13-21-28/h2-21,30H,22-24H2,1H3. The molecule has 1 nitrogen and oxygen atoms in total. The van der Waals surface area contributed by atoms with Crippen LogP contribution in [0.25, 0.3) is 0 Å². The Hall–Kier alpha value is -2.30. The van der Waals surface area contributed by atoms with Crippen LogP contribution in [0.1, 0.15) is 6.92 Å². The van der Waals surface area contributed by atoms with Crippen LogP contribution in [-0.2, 0) is 0 Å². The molecule has 0 fully saturated rings. The van der Waals surface area contributed by atoms with Crippen molar-refractivity contribution in [3.05, 3.63) is 121 Å². The zero-order chi connectivity index (χ0) is 22.2. The van der Waals surface area contributed by atoms with Crippen molar-refractivity contribution in [1.29, 1.82) is 0 Å². The monoisotopic (exact) mass is 456 g/mol. The van der Waals surface area contributed by atoms with E-state index in [1.54, 1.807) is 0 Å². The van der Waals surface area contributed by atoms with Crippen LogP contribution >= 0.6 is 15.8 Å². The minimum atomic E-state index is -0.563. The Balaban J connectivity index is 1.69. The fraction of sp³-hybridized carbons (Fsp3) is 0.172. The molecule has 0 atom stereocenters. The lowest BCUT2D eigenvalue weighted by Gasteiger charge is -2.36. The molecule has 32 heavy (non-hydrogen) atoms. The van der Waals surface area contributed by atoms with E-state index >= 15 is 0 Å². The maximum Gasteiger partial charge on any atom is 0.0491 e. The van der Waals surface area contributed by atoms with Crippen LogP contribution < -0.4 is 21.2 Å². The fourth-order valence-electron chi connectivity index (χ4n) is 4.01. The van der Waals surface area contributed by atoms with E-state index in [4.69, 9.17) is 0 Å². The van der Waals surface area contributed by atoms with Crippen molar-refractivity contribution in [2.75, 3.05) is 18.9 Å². The van der Waals surface area contributed by atoms with Crippen molar-refractivity contribution < 1.29 is 5.11 Å². The quantitative estimate of drug-likeness (QED) is 0.341. The minimum absolute atomic E-state index is 0.185. The second-order valence-electron chi connectivity index (χ2n) is 8.48. The van der Waals surface area contributed by atoms with Crippen molar-refractivity contribution in [1.82, 2.24) is 0 Å². The van der Waals surface area contributed by atoms with Gasteiger partial charge in [0, 0.05) is 6.61 Å². The van der Waals surface area contributed by atoms with Gasteiger partial charge in [0.2, 0.25) is 0 Å². The number of rotatable bonds is 9. The molecule has 0 aliphatic carbocycles. The van der Waals surface area contributed by atoms with Crippen LogP contribution in [0.3, 0.4) is 0 Å². The van der Waals surface area contributed by atoms with E-state index < -0.39 is 15.8 Å².